The Morgan fingerprint density at radius 3 is 1.56 bits per heavy atom. The third-order valence-electron chi connectivity index (χ3n) is 2.01. The summed E-state index contributed by atoms with van der Waals surface area (Å²) in [5.74, 6) is 0. The Bertz CT molecular complexity index is 578. The van der Waals surface area contributed by atoms with Gasteiger partial charge in [-0.25, -0.2) is 0 Å². The van der Waals surface area contributed by atoms with Gasteiger partial charge in [-0.2, -0.15) is 16.8 Å². The topological polar surface area (TPSA) is 109 Å². The van der Waals surface area contributed by atoms with Gasteiger partial charge in [0.15, 0.2) is 0 Å². The Labute approximate surface area is 96.2 Å². The van der Waals surface area contributed by atoms with Crippen LogP contribution in [-0.4, -0.2) is 36.2 Å². The van der Waals surface area contributed by atoms with Crippen LogP contribution in [-0.2, 0) is 20.2 Å². The molecule has 0 atom stereocenters. The van der Waals surface area contributed by atoms with Crippen LogP contribution in [0.3, 0.4) is 0 Å². The molecular formula is C7H10O6S2Si. The summed E-state index contributed by atoms with van der Waals surface area (Å²) in [4.78, 5) is -0.986. The minimum atomic E-state index is -4.49. The van der Waals surface area contributed by atoms with E-state index in [9.17, 15) is 16.8 Å². The highest BCUT2D eigenvalue weighted by molar-refractivity contribution is 7.86. The zero-order valence-electron chi connectivity index (χ0n) is 8.50. The Morgan fingerprint density at radius 2 is 1.31 bits per heavy atom. The molecule has 1 rings (SSSR count). The lowest BCUT2D eigenvalue weighted by atomic mass is 10.2. The summed E-state index contributed by atoms with van der Waals surface area (Å²) in [5, 5.41) is 0.436. The fraction of sp³-hybridized carbons (Fsp3) is 0.143. The van der Waals surface area contributed by atoms with E-state index in [4.69, 9.17) is 9.11 Å². The lowest BCUT2D eigenvalue weighted by Crippen LogP contribution is -2.14. The highest BCUT2D eigenvalue weighted by Gasteiger charge is 2.22. The second kappa shape index (κ2) is 3.93. The van der Waals surface area contributed by atoms with Gasteiger partial charge < -0.3 is 0 Å². The number of rotatable bonds is 2. The van der Waals surface area contributed by atoms with Crippen molar-refractivity contribution in [3.63, 3.8) is 0 Å². The molecule has 0 bridgehead atoms. The van der Waals surface area contributed by atoms with Gasteiger partial charge in [-0.15, -0.1) is 0 Å². The number of hydrogen-bond acceptors (Lipinski definition) is 4. The molecule has 1 aromatic rings. The molecule has 0 saturated carbocycles. The minimum Gasteiger partial charge on any atom is -0.282 e. The fourth-order valence-electron chi connectivity index (χ4n) is 1.33. The lowest BCUT2D eigenvalue weighted by molar-refractivity contribution is 0.480. The first-order valence-electron chi connectivity index (χ1n) is 4.09. The molecule has 0 unspecified atom stereocenters. The molecule has 0 radical (unpaired) electrons. The van der Waals surface area contributed by atoms with E-state index in [-0.39, 0.29) is 5.56 Å². The van der Waals surface area contributed by atoms with Crippen molar-refractivity contribution in [1.82, 2.24) is 0 Å². The van der Waals surface area contributed by atoms with Crippen molar-refractivity contribution in [3.8, 4) is 0 Å². The number of benzene rings is 1. The van der Waals surface area contributed by atoms with Gasteiger partial charge in [0.05, 0.1) is 9.79 Å². The molecule has 0 amide bonds. The van der Waals surface area contributed by atoms with Crippen LogP contribution in [0, 0.1) is 6.92 Å². The van der Waals surface area contributed by atoms with E-state index in [0.29, 0.717) is 15.4 Å². The molecule has 0 saturated heterocycles. The molecule has 0 fully saturated rings. The molecule has 0 aromatic heterocycles. The summed E-state index contributed by atoms with van der Waals surface area (Å²) in [6.07, 6.45) is 0. The summed E-state index contributed by atoms with van der Waals surface area (Å²) in [5.41, 5.74) is -0.190. The molecule has 0 aliphatic carbocycles. The van der Waals surface area contributed by atoms with E-state index < -0.39 is 30.0 Å². The summed E-state index contributed by atoms with van der Waals surface area (Å²) < 4.78 is 61.7. The highest BCUT2D eigenvalue weighted by Crippen LogP contribution is 2.20. The van der Waals surface area contributed by atoms with Crippen molar-refractivity contribution < 1.29 is 25.9 Å². The molecule has 9 heteroatoms. The molecule has 0 spiro atoms. The predicted molar refractivity (Wildman–Crippen MR) is 60.4 cm³/mol. The van der Waals surface area contributed by atoms with Crippen LogP contribution in [0.4, 0.5) is 0 Å². The van der Waals surface area contributed by atoms with Crippen LogP contribution in [0.1, 0.15) is 5.56 Å². The van der Waals surface area contributed by atoms with Gasteiger partial charge in [0.25, 0.3) is 20.2 Å². The average Bonchev–Trinajstić information content (AvgIpc) is 2.04. The lowest BCUT2D eigenvalue weighted by Gasteiger charge is -2.08. The van der Waals surface area contributed by atoms with E-state index in [2.05, 4.69) is 0 Å². The first-order valence-corrected chi connectivity index (χ1v) is 7.97. The summed E-state index contributed by atoms with van der Waals surface area (Å²) >= 11 is 0. The van der Waals surface area contributed by atoms with Crippen LogP contribution >= 0.6 is 0 Å². The molecule has 6 nitrogen and oxygen atoms in total. The van der Waals surface area contributed by atoms with Crippen LogP contribution in [0.2, 0.25) is 0 Å². The van der Waals surface area contributed by atoms with Crippen molar-refractivity contribution in [1.29, 1.82) is 0 Å². The SMILES string of the molecule is Cc1c(S(=O)(=O)O)cc([SiH3])cc1S(=O)(=O)O. The summed E-state index contributed by atoms with van der Waals surface area (Å²) in [6, 6.07) is 2.37. The van der Waals surface area contributed by atoms with Crippen molar-refractivity contribution in [2.75, 3.05) is 0 Å². The maximum Gasteiger partial charge on any atom is 0.294 e. The Kier molecular flexibility index (Phi) is 3.27. The molecule has 0 aliphatic heterocycles. The van der Waals surface area contributed by atoms with E-state index >= 15 is 0 Å². The maximum absolute atomic E-state index is 11.0. The fourth-order valence-corrected chi connectivity index (χ4v) is 4.05. The van der Waals surface area contributed by atoms with Crippen LogP contribution in [0.15, 0.2) is 21.9 Å². The Morgan fingerprint density at radius 1 is 1.00 bits per heavy atom. The number of hydrogen-bond donors (Lipinski definition) is 2. The van der Waals surface area contributed by atoms with Crippen molar-refractivity contribution >= 4 is 35.7 Å². The van der Waals surface area contributed by atoms with E-state index in [1.54, 1.807) is 0 Å². The average molecular weight is 282 g/mol. The van der Waals surface area contributed by atoms with Crippen LogP contribution < -0.4 is 5.19 Å². The maximum atomic E-state index is 11.0. The molecule has 90 valence electrons. The largest absolute Gasteiger partial charge is 0.294 e. The quantitative estimate of drug-likeness (QED) is 0.504. The molecular weight excluding hydrogens is 272 g/mol. The first kappa shape index (κ1) is 13.3. The van der Waals surface area contributed by atoms with Gasteiger partial charge in [0.2, 0.25) is 0 Å². The van der Waals surface area contributed by atoms with Crippen LogP contribution in [0.25, 0.3) is 0 Å². The Hall–Kier alpha value is -0.743. The summed E-state index contributed by atoms with van der Waals surface area (Å²) in [7, 11) is -8.60. The highest BCUT2D eigenvalue weighted by atomic mass is 32.2. The van der Waals surface area contributed by atoms with Gasteiger partial charge in [0.1, 0.15) is 0 Å². The van der Waals surface area contributed by atoms with Gasteiger partial charge in [-0.3, -0.25) is 9.11 Å². The van der Waals surface area contributed by atoms with Crippen molar-refractivity contribution in [2.45, 2.75) is 16.7 Å². The normalized spacial score (nSPS) is 12.9. The van der Waals surface area contributed by atoms with Crippen LogP contribution in [0.5, 0.6) is 0 Å². The van der Waals surface area contributed by atoms with Crippen molar-refractivity contribution in [3.05, 3.63) is 17.7 Å². The van der Waals surface area contributed by atoms with Gasteiger partial charge in [-0.1, -0.05) is 5.19 Å². The zero-order chi connectivity index (χ0) is 12.7. The molecule has 1 aromatic carbocycles. The third kappa shape index (κ3) is 2.68. The molecule has 0 aliphatic rings. The monoisotopic (exact) mass is 282 g/mol. The standard InChI is InChI=1S/C7H10O6S2Si/c1-4-6(14(8,9)10)2-5(16)3-7(4)15(11,12)13/h2-3H,1,16H3,(H,8,9,10)(H,11,12,13). The van der Waals surface area contributed by atoms with Gasteiger partial charge >= 0.3 is 0 Å². The molecule has 2 N–H and O–H groups in total. The summed E-state index contributed by atoms with van der Waals surface area (Å²) in [6.45, 7) is 1.20. The third-order valence-corrected chi connectivity index (χ3v) is 4.55. The Balaban J connectivity index is 3.78. The molecule has 0 heterocycles. The molecule has 16 heavy (non-hydrogen) atoms. The smallest absolute Gasteiger partial charge is 0.282 e. The van der Waals surface area contributed by atoms with Crippen molar-refractivity contribution in [2.24, 2.45) is 0 Å². The van der Waals surface area contributed by atoms with E-state index in [0.717, 1.165) is 0 Å². The van der Waals surface area contributed by atoms with E-state index in [1.807, 2.05) is 0 Å². The first-order chi connectivity index (χ1) is 7.03. The van der Waals surface area contributed by atoms with Gasteiger partial charge in [-0.05, 0) is 24.6 Å². The van der Waals surface area contributed by atoms with E-state index in [1.165, 1.54) is 19.1 Å². The second-order valence-corrected chi connectivity index (χ2v) is 7.27. The second-order valence-electron chi connectivity index (χ2n) is 3.34. The van der Waals surface area contributed by atoms with Gasteiger partial charge in [0, 0.05) is 10.2 Å². The zero-order valence-corrected chi connectivity index (χ0v) is 12.1. The predicted octanol–water partition coefficient (Wildman–Crippen LogP) is -1.52. The minimum absolute atomic E-state index is 0.190.